The number of nitrogens with one attached hydrogen (secondary N) is 1. The maximum atomic E-state index is 13.5. The van der Waals surface area contributed by atoms with Gasteiger partial charge in [-0.3, -0.25) is 9.69 Å². The molecule has 0 aromatic heterocycles. The first-order valence-corrected chi connectivity index (χ1v) is 10.1. The topological polar surface area (TPSA) is 77.1 Å². The highest BCUT2D eigenvalue weighted by Crippen LogP contribution is 2.76. The molecule has 5 aliphatic rings. The van der Waals surface area contributed by atoms with Gasteiger partial charge in [0.25, 0.3) is 0 Å². The predicted molar refractivity (Wildman–Crippen MR) is 103 cm³/mol. The smallest absolute Gasteiger partial charge is 0.320 e. The molecule has 7 nitrogen and oxygen atoms in total. The fourth-order valence-electron chi connectivity index (χ4n) is 7.35. The van der Waals surface area contributed by atoms with Crippen molar-refractivity contribution in [3.05, 3.63) is 35.4 Å². The normalized spacial score (nSPS) is 44.4. The van der Waals surface area contributed by atoms with Crippen LogP contribution < -0.4 is 10.1 Å². The molecular formula is C22H24N2O5. The first-order valence-electron chi connectivity index (χ1n) is 10.1. The van der Waals surface area contributed by atoms with E-state index in [1.54, 1.807) is 7.11 Å². The maximum Gasteiger partial charge on any atom is 0.320 e. The number of para-hydroxylation sites is 1. The van der Waals surface area contributed by atoms with E-state index in [2.05, 4.69) is 16.3 Å². The van der Waals surface area contributed by atoms with Gasteiger partial charge in [-0.1, -0.05) is 23.8 Å². The SMILES string of the molecule is CC=C1CN2[C@@H]3C[C@@]45c6cccc(OC)c6N[C@]4(O3)[C@@H]2C[C@@H]1[C@@]5(C=O)C(=O)OC. The van der Waals surface area contributed by atoms with E-state index in [-0.39, 0.29) is 18.2 Å². The van der Waals surface area contributed by atoms with Crippen molar-refractivity contribution in [2.24, 2.45) is 11.3 Å². The number of carbonyl (C=O) groups excluding carboxylic acids is 2. The van der Waals surface area contributed by atoms with Crippen molar-refractivity contribution in [1.29, 1.82) is 0 Å². The Kier molecular flexibility index (Phi) is 3.14. The van der Waals surface area contributed by atoms with E-state index < -0.39 is 22.5 Å². The van der Waals surface area contributed by atoms with Gasteiger partial charge in [0, 0.05) is 18.9 Å². The summed E-state index contributed by atoms with van der Waals surface area (Å²) in [6, 6.07) is 5.89. The first kappa shape index (κ1) is 17.5. The highest BCUT2D eigenvalue weighted by molar-refractivity contribution is 5.99. The van der Waals surface area contributed by atoms with E-state index in [4.69, 9.17) is 14.2 Å². The van der Waals surface area contributed by atoms with E-state index in [9.17, 15) is 9.59 Å². The molecule has 0 unspecified atom stereocenters. The van der Waals surface area contributed by atoms with Crippen LogP contribution in [0.1, 0.15) is 25.3 Å². The van der Waals surface area contributed by atoms with Gasteiger partial charge in [-0.05, 0) is 25.0 Å². The minimum absolute atomic E-state index is 0.0739. The van der Waals surface area contributed by atoms with Crippen LogP contribution in [0.2, 0.25) is 0 Å². The molecular weight excluding hydrogens is 372 g/mol. The van der Waals surface area contributed by atoms with Crippen LogP contribution in [0.15, 0.2) is 29.8 Å². The predicted octanol–water partition coefficient (Wildman–Crippen LogP) is 1.82. The van der Waals surface area contributed by atoms with E-state index in [0.29, 0.717) is 25.1 Å². The Bertz CT molecular complexity index is 991. The molecule has 1 saturated carbocycles. The maximum absolute atomic E-state index is 13.5. The summed E-state index contributed by atoms with van der Waals surface area (Å²) < 4.78 is 17.6. The lowest BCUT2D eigenvalue weighted by Gasteiger charge is -2.63. The number of methoxy groups -OCH3 is 2. The molecule has 6 atom stereocenters. The summed E-state index contributed by atoms with van der Waals surface area (Å²) >= 11 is 0. The minimum Gasteiger partial charge on any atom is -0.495 e. The zero-order chi connectivity index (χ0) is 20.2. The highest BCUT2D eigenvalue weighted by atomic mass is 16.6. The van der Waals surface area contributed by atoms with E-state index >= 15 is 0 Å². The van der Waals surface area contributed by atoms with Gasteiger partial charge in [0.2, 0.25) is 0 Å². The van der Waals surface area contributed by atoms with Gasteiger partial charge >= 0.3 is 5.97 Å². The van der Waals surface area contributed by atoms with Gasteiger partial charge in [0.1, 0.15) is 23.7 Å². The van der Waals surface area contributed by atoms with Crippen molar-refractivity contribution in [2.75, 3.05) is 26.1 Å². The van der Waals surface area contributed by atoms with Crippen molar-refractivity contribution in [3.8, 4) is 5.75 Å². The summed E-state index contributed by atoms with van der Waals surface area (Å²) in [5.74, 6) is 0.00166. The second kappa shape index (κ2) is 5.21. The van der Waals surface area contributed by atoms with E-state index in [0.717, 1.165) is 23.1 Å². The minimum atomic E-state index is -1.36. The Hall–Kier alpha value is -2.38. The van der Waals surface area contributed by atoms with Crippen molar-refractivity contribution < 1.29 is 23.8 Å². The van der Waals surface area contributed by atoms with Crippen molar-refractivity contribution >= 4 is 17.9 Å². The average molecular weight is 396 g/mol. The number of hydrogen-bond acceptors (Lipinski definition) is 7. The number of fused-ring (bicyclic) bond motifs is 4. The quantitative estimate of drug-likeness (QED) is 0.361. The third kappa shape index (κ3) is 1.50. The van der Waals surface area contributed by atoms with Crippen LogP contribution in [0, 0.1) is 11.3 Å². The summed E-state index contributed by atoms with van der Waals surface area (Å²) in [6.07, 6.45) is 4.01. The third-order valence-corrected chi connectivity index (χ3v) is 8.30. The Labute approximate surface area is 169 Å². The van der Waals surface area contributed by atoms with Crippen LogP contribution in [0.3, 0.4) is 0 Å². The van der Waals surface area contributed by atoms with Crippen LogP contribution >= 0.6 is 0 Å². The van der Waals surface area contributed by atoms with Crippen LogP contribution in [-0.4, -0.2) is 55.9 Å². The van der Waals surface area contributed by atoms with Crippen molar-refractivity contribution in [1.82, 2.24) is 4.90 Å². The van der Waals surface area contributed by atoms with Crippen molar-refractivity contribution in [3.63, 3.8) is 0 Å². The zero-order valence-corrected chi connectivity index (χ0v) is 16.7. The molecule has 1 aliphatic carbocycles. The molecule has 1 spiro atoms. The number of esters is 1. The van der Waals surface area contributed by atoms with Crippen molar-refractivity contribution in [2.45, 2.75) is 43.2 Å². The summed E-state index contributed by atoms with van der Waals surface area (Å²) in [7, 11) is 3.00. The number of rotatable bonds is 3. The number of piperidine rings is 2. The summed E-state index contributed by atoms with van der Waals surface area (Å²) in [6.45, 7) is 2.69. The summed E-state index contributed by atoms with van der Waals surface area (Å²) in [5.41, 5.74) is -0.199. The molecule has 0 amide bonds. The number of hydrogen-bond donors (Lipinski definition) is 1. The molecule has 6 rings (SSSR count). The monoisotopic (exact) mass is 396 g/mol. The molecule has 4 aliphatic heterocycles. The fraction of sp³-hybridized carbons (Fsp3) is 0.545. The molecule has 152 valence electrons. The second-order valence-electron chi connectivity index (χ2n) is 8.74. The Morgan fingerprint density at radius 1 is 1.38 bits per heavy atom. The van der Waals surface area contributed by atoms with E-state index in [1.165, 1.54) is 7.11 Å². The van der Waals surface area contributed by atoms with E-state index in [1.807, 2.05) is 25.1 Å². The number of allylic oxidation sites excluding steroid dienone is 1. The molecule has 1 N–H and O–H groups in total. The molecule has 3 saturated heterocycles. The largest absolute Gasteiger partial charge is 0.495 e. The molecule has 4 fully saturated rings. The average Bonchev–Trinajstić information content (AvgIpc) is 3.36. The van der Waals surface area contributed by atoms with Gasteiger partial charge in [-0.15, -0.1) is 0 Å². The first-order chi connectivity index (χ1) is 14.0. The molecule has 4 bridgehead atoms. The Morgan fingerprint density at radius 3 is 2.90 bits per heavy atom. The highest BCUT2D eigenvalue weighted by Gasteiger charge is 2.87. The van der Waals surface area contributed by atoms with Crippen LogP contribution in [0.4, 0.5) is 5.69 Å². The Morgan fingerprint density at radius 2 is 2.21 bits per heavy atom. The zero-order valence-electron chi connectivity index (χ0n) is 16.7. The molecule has 1 aromatic carbocycles. The lowest BCUT2D eigenvalue weighted by atomic mass is 9.42. The number of benzene rings is 1. The molecule has 4 heterocycles. The van der Waals surface area contributed by atoms with Crippen LogP contribution in [-0.2, 0) is 24.5 Å². The standard InChI is InChI=1S/C22H24N2O5/c1-4-12-10-24-16-8-14(12)20(11-25,19(26)28-3)21-9-17(24)29-22(16,21)23-18-13(21)6-5-7-15(18)27-2/h4-7,11,14,16-17,23H,8-10H2,1-3H3/t14-,16-,17-,20-,21-,22-/m0/s1. The molecule has 7 heteroatoms. The number of carbonyl (C=O) groups is 2. The molecule has 29 heavy (non-hydrogen) atoms. The summed E-state index contributed by atoms with van der Waals surface area (Å²) in [5, 5.41) is 3.62. The molecule has 1 aromatic rings. The number of nitrogens with zero attached hydrogens (tertiary/aromatic N) is 1. The lowest BCUT2D eigenvalue weighted by Crippen LogP contribution is -2.78. The van der Waals surface area contributed by atoms with Gasteiger partial charge in [0.05, 0.1) is 31.4 Å². The van der Waals surface area contributed by atoms with Gasteiger partial charge in [-0.25, -0.2) is 0 Å². The van der Waals surface area contributed by atoms with Gasteiger partial charge in [-0.2, -0.15) is 0 Å². The molecule has 0 radical (unpaired) electrons. The lowest BCUT2D eigenvalue weighted by molar-refractivity contribution is -0.182. The Balaban J connectivity index is 1.74. The van der Waals surface area contributed by atoms with Gasteiger partial charge < -0.3 is 24.3 Å². The number of anilines is 1. The van der Waals surface area contributed by atoms with Crippen LogP contribution in [0.5, 0.6) is 5.75 Å². The third-order valence-electron chi connectivity index (χ3n) is 8.30. The van der Waals surface area contributed by atoms with Gasteiger partial charge in [0.15, 0.2) is 5.72 Å². The van der Waals surface area contributed by atoms with Crippen LogP contribution in [0.25, 0.3) is 0 Å². The summed E-state index contributed by atoms with van der Waals surface area (Å²) in [4.78, 5) is 28.9. The fourth-order valence-corrected chi connectivity index (χ4v) is 7.35. The number of aldehydes is 1. The number of ether oxygens (including phenoxy) is 3. The second-order valence-corrected chi connectivity index (χ2v) is 8.74.